The second-order valence-electron chi connectivity index (χ2n) is 5.87. The minimum absolute atomic E-state index is 0.0942. The van der Waals surface area contributed by atoms with E-state index in [2.05, 4.69) is 58.0 Å². The van der Waals surface area contributed by atoms with Crippen LogP contribution in [-0.4, -0.2) is 15.7 Å². The van der Waals surface area contributed by atoms with Gasteiger partial charge in [0.1, 0.15) is 5.69 Å². The van der Waals surface area contributed by atoms with Crippen molar-refractivity contribution in [3.8, 4) is 22.5 Å². The highest BCUT2D eigenvalue weighted by molar-refractivity contribution is 14.1. The third-order valence-electron chi connectivity index (χ3n) is 4.20. The van der Waals surface area contributed by atoms with E-state index in [9.17, 15) is 4.79 Å². The first kappa shape index (κ1) is 16.0. The Labute approximate surface area is 159 Å². The first-order valence-electron chi connectivity index (χ1n) is 7.99. The molecule has 0 spiro atoms. The molecule has 0 N–H and O–H groups in total. The number of aromatic nitrogens is 2. The van der Waals surface area contributed by atoms with Crippen LogP contribution >= 0.6 is 22.6 Å². The van der Waals surface area contributed by atoms with E-state index in [1.807, 2.05) is 42.5 Å². The topological polar surface area (TPSA) is 34.9 Å². The van der Waals surface area contributed by atoms with Gasteiger partial charge in [-0.15, -0.1) is 0 Å². The maximum Gasteiger partial charge on any atom is 0.244 e. The van der Waals surface area contributed by atoms with Crippen molar-refractivity contribution in [1.29, 1.82) is 0 Å². The summed E-state index contributed by atoms with van der Waals surface area (Å²) in [4.78, 5) is 12.2. The van der Waals surface area contributed by atoms with Crippen molar-refractivity contribution in [2.24, 2.45) is 0 Å². The van der Waals surface area contributed by atoms with Gasteiger partial charge in [0.25, 0.3) is 0 Å². The number of fused-ring (bicyclic) bond motifs is 1. The summed E-state index contributed by atoms with van der Waals surface area (Å²) in [6.07, 6.45) is 0. The van der Waals surface area contributed by atoms with Crippen LogP contribution in [0.25, 0.3) is 33.3 Å². The maximum absolute atomic E-state index is 12.2. The molecular weight excluding hydrogens is 423 g/mol. The quantitative estimate of drug-likeness (QED) is 0.380. The Morgan fingerprint density at radius 1 is 0.880 bits per heavy atom. The minimum atomic E-state index is -0.0942. The fourth-order valence-corrected chi connectivity index (χ4v) is 3.95. The molecule has 1 aromatic heterocycles. The Morgan fingerprint density at radius 2 is 1.56 bits per heavy atom. The van der Waals surface area contributed by atoms with Crippen molar-refractivity contribution in [2.45, 2.75) is 6.92 Å². The Balaban J connectivity index is 1.96. The number of nitrogens with zero attached hydrogens (tertiary/aromatic N) is 2. The number of rotatable bonds is 2. The number of benzene rings is 3. The summed E-state index contributed by atoms with van der Waals surface area (Å²) in [5, 5.41) is 6.92. The lowest BCUT2D eigenvalue weighted by Gasteiger charge is -2.06. The van der Waals surface area contributed by atoms with Gasteiger partial charge in [0.2, 0.25) is 5.91 Å². The largest absolute Gasteiger partial charge is 0.273 e. The molecule has 4 aromatic rings. The maximum atomic E-state index is 12.2. The standard InChI is InChI=1S/C21H15IN2O/c1-14(25)24-21(18-12-11-15-7-5-6-10-17(15)13-18)19(22)20(23-24)16-8-3-2-4-9-16/h2-13H,1H3. The van der Waals surface area contributed by atoms with E-state index in [0.717, 1.165) is 31.5 Å². The molecule has 0 unspecified atom stereocenters. The van der Waals surface area contributed by atoms with Gasteiger partial charge in [-0.3, -0.25) is 4.79 Å². The molecule has 0 radical (unpaired) electrons. The number of hydrogen-bond acceptors (Lipinski definition) is 2. The number of hydrogen-bond donors (Lipinski definition) is 0. The van der Waals surface area contributed by atoms with Gasteiger partial charge in [-0.2, -0.15) is 9.78 Å². The third kappa shape index (κ3) is 2.87. The first-order chi connectivity index (χ1) is 12.1. The molecule has 0 aliphatic rings. The molecule has 0 fully saturated rings. The summed E-state index contributed by atoms with van der Waals surface area (Å²) in [5.41, 5.74) is 3.68. The summed E-state index contributed by atoms with van der Waals surface area (Å²) in [7, 11) is 0. The van der Waals surface area contributed by atoms with Gasteiger partial charge in [0.15, 0.2) is 0 Å². The SMILES string of the molecule is CC(=O)n1nc(-c2ccccc2)c(I)c1-c1ccc2ccccc2c1. The Kier molecular flexibility index (Phi) is 4.13. The second-order valence-corrected chi connectivity index (χ2v) is 6.95. The molecule has 0 saturated carbocycles. The van der Waals surface area contributed by atoms with Crippen LogP contribution in [0.5, 0.6) is 0 Å². The molecule has 3 nitrogen and oxygen atoms in total. The summed E-state index contributed by atoms with van der Waals surface area (Å²) >= 11 is 2.29. The Morgan fingerprint density at radius 3 is 2.28 bits per heavy atom. The van der Waals surface area contributed by atoms with Crippen LogP contribution in [0.1, 0.15) is 11.7 Å². The predicted octanol–water partition coefficient (Wildman–Crippen LogP) is 5.64. The lowest BCUT2D eigenvalue weighted by molar-refractivity contribution is 0.0923. The molecule has 4 heteroatoms. The summed E-state index contributed by atoms with van der Waals surface area (Å²) in [6, 6.07) is 24.4. The minimum Gasteiger partial charge on any atom is -0.273 e. The molecule has 4 rings (SSSR count). The highest BCUT2D eigenvalue weighted by Gasteiger charge is 2.20. The molecule has 0 saturated heterocycles. The highest BCUT2D eigenvalue weighted by Crippen LogP contribution is 2.34. The van der Waals surface area contributed by atoms with Crippen LogP contribution in [0.2, 0.25) is 0 Å². The van der Waals surface area contributed by atoms with Crippen molar-refractivity contribution in [2.75, 3.05) is 0 Å². The molecule has 0 bridgehead atoms. The monoisotopic (exact) mass is 438 g/mol. The van der Waals surface area contributed by atoms with Gasteiger partial charge < -0.3 is 0 Å². The van der Waals surface area contributed by atoms with Crippen LogP contribution in [0.15, 0.2) is 72.8 Å². The fraction of sp³-hybridized carbons (Fsp3) is 0.0476. The lowest BCUT2D eigenvalue weighted by atomic mass is 10.0. The molecule has 0 aliphatic heterocycles. The molecule has 1 heterocycles. The van der Waals surface area contributed by atoms with Crippen LogP contribution < -0.4 is 0 Å². The van der Waals surface area contributed by atoms with Gasteiger partial charge in [-0.05, 0) is 39.4 Å². The van der Waals surface area contributed by atoms with Crippen LogP contribution in [0.4, 0.5) is 0 Å². The molecule has 122 valence electrons. The Bertz CT molecular complexity index is 1080. The van der Waals surface area contributed by atoms with Crippen LogP contribution in [0, 0.1) is 3.57 Å². The average Bonchev–Trinajstić information content (AvgIpc) is 2.99. The fourth-order valence-electron chi connectivity index (χ4n) is 2.99. The normalized spacial score (nSPS) is 11.0. The molecular formula is C21H15IN2O. The molecule has 3 aromatic carbocycles. The zero-order chi connectivity index (χ0) is 17.4. The second kappa shape index (κ2) is 6.44. The van der Waals surface area contributed by atoms with E-state index in [0.29, 0.717) is 0 Å². The van der Waals surface area contributed by atoms with E-state index in [1.165, 1.54) is 10.1 Å². The third-order valence-corrected chi connectivity index (χ3v) is 5.22. The predicted molar refractivity (Wildman–Crippen MR) is 110 cm³/mol. The van der Waals surface area contributed by atoms with Crippen molar-refractivity contribution in [3.63, 3.8) is 0 Å². The van der Waals surface area contributed by atoms with E-state index >= 15 is 0 Å². The van der Waals surface area contributed by atoms with Gasteiger partial charge in [0.05, 0.1) is 9.26 Å². The zero-order valence-corrected chi connectivity index (χ0v) is 15.8. The first-order valence-corrected chi connectivity index (χ1v) is 9.07. The Hall–Kier alpha value is -2.47. The van der Waals surface area contributed by atoms with Crippen LogP contribution in [-0.2, 0) is 0 Å². The van der Waals surface area contributed by atoms with Gasteiger partial charge in [0, 0.05) is 18.1 Å². The van der Waals surface area contributed by atoms with Crippen molar-refractivity contribution < 1.29 is 4.79 Å². The van der Waals surface area contributed by atoms with E-state index in [4.69, 9.17) is 0 Å². The smallest absolute Gasteiger partial charge is 0.244 e. The number of halogens is 1. The van der Waals surface area contributed by atoms with Gasteiger partial charge in [-0.25, -0.2) is 0 Å². The summed E-state index contributed by atoms with van der Waals surface area (Å²) in [5.74, 6) is -0.0942. The van der Waals surface area contributed by atoms with Gasteiger partial charge in [-0.1, -0.05) is 66.7 Å². The van der Waals surface area contributed by atoms with Crippen LogP contribution in [0.3, 0.4) is 0 Å². The lowest BCUT2D eigenvalue weighted by Crippen LogP contribution is -2.09. The van der Waals surface area contributed by atoms with E-state index in [-0.39, 0.29) is 5.91 Å². The van der Waals surface area contributed by atoms with Crippen molar-refractivity contribution in [1.82, 2.24) is 9.78 Å². The summed E-state index contributed by atoms with van der Waals surface area (Å²) < 4.78 is 2.49. The van der Waals surface area contributed by atoms with Crippen molar-refractivity contribution >= 4 is 39.3 Å². The molecule has 0 aliphatic carbocycles. The highest BCUT2D eigenvalue weighted by atomic mass is 127. The number of carbonyl (C=O) groups excluding carboxylic acids is 1. The number of carbonyl (C=O) groups is 1. The molecule has 0 amide bonds. The zero-order valence-electron chi connectivity index (χ0n) is 13.6. The summed E-state index contributed by atoms with van der Waals surface area (Å²) in [6.45, 7) is 1.54. The average molecular weight is 438 g/mol. The van der Waals surface area contributed by atoms with Gasteiger partial charge >= 0.3 is 0 Å². The molecule has 0 atom stereocenters. The van der Waals surface area contributed by atoms with E-state index in [1.54, 1.807) is 6.92 Å². The van der Waals surface area contributed by atoms with Crippen molar-refractivity contribution in [3.05, 3.63) is 76.4 Å². The van der Waals surface area contributed by atoms with E-state index < -0.39 is 0 Å². The molecule has 25 heavy (non-hydrogen) atoms.